The van der Waals surface area contributed by atoms with Gasteiger partial charge in [-0.05, 0) is 24.3 Å². The molecule has 4 rings (SSSR count). The molecule has 1 atom stereocenters. The quantitative estimate of drug-likeness (QED) is 0.745. The Hall–Kier alpha value is -2.90. The number of hydrogen-bond acceptors (Lipinski definition) is 6. The van der Waals surface area contributed by atoms with Gasteiger partial charge in [0, 0.05) is 38.2 Å². The van der Waals surface area contributed by atoms with Gasteiger partial charge in [0.15, 0.2) is 0 Å². The molecule has 1 saturated heterocycles. The van der Waals surface area contributed by atoms with Gasteiger partial charge in [-0.3, -0.25) is 24.6 Å². The highest BCUT2D eigenvalue weighted by molar-refractivity contribution is 6.04. The number of fused-ring (bicyclic) bond motifs is 1. The number of amides is 1. The third kappa shape index (κ3) is 3.94. The van der Waals surface area contributed by atoms with E-state index in [4.69, 9.17) is 4.74 Å². The van der Waals surface area contributed by atoms with E-state index in [1.54, 1.807) is 24.7 Å². The normalized spacial score (nSPS) is 16.1. The lowest BCUT2D eigenvalue weighted by atomic mass is 10.1. The molecular weight excluding hydrogens is 342 g/mol. The lowest BCUT2D eigenvalue weighted by molar-refractivity contribution is 0.0154. The largest absolute Gasteiger partial charge is 0.379 e. The molecule has 1 amide bonds. The molecule has 1 aliphatic heterocycles. The van der Waals surface area contributed by atoms with Crippen molar-refractivity contribution in [1.82, 2.24) is 25.2 Å². The predicted molar refractivity (Wildman–Crippen MR) is 101 cm³/mol. The van der Waals surface area contributed by atoms with Crippen molar-refractivity contribution in [2.75, 3.05) is 32.8 Å². The van der Waals surface area contributed by atoms with Gasteiger partial charge in [-0.25, -0.2) is 0 Å². The smallest absolute Gasteiger partial charge is 0.253 e. The first-order valence-corrected chi connectivity index (χ1v) is 9.03. The van der Waals surface area contributed by atoms with Gasteiger partial charge >= 0.3 is 0 Å². The fraction of sp³-hybridized carbons (Fsp3) is 0.300. The maximum Gasteiger partial charge on any atom is 0.253 e. The Morgan fingerprint density at radius 2 is 1.89 bits per heavy atom. The van der Waals surface area contributed by atoms with E-state index in [2.05, 4.69) is 25.2 Å². The predicted octanol–water partition coefficient (Wildman–Crippen LogP) is 1.83. The van der Waals surface area contributed by atoms with E-state index >= 15 is 0 Å². The number of carbonyl (C=O) groups is 1. The molecule has 7 nitrogen and oxygen atoms in total. The highest BCUT2D eigenvalue weighted by Crippen LogP contribution is 2.20. The molecule has 0 unspecified atom stereocenters. The molecule has 0 aliphatic carbocycles. The molecule has 0 saturated carbocycles. The number of benzene rings is 1. The van der Waals surface area contributed by atoms with Crippen LogP contribution in [0.3, 0.4) is 0 Å². The van der Waals surface area contributed by atoms with Gasteiger partial charge in [-0.2, -0.15) is 0 Å². The van der Waals surface area contributed by atoms with Gasteiger partial charge in [0.25, 0.3) is 5.91 Å². The molecule has 1 aliphatic rings. The number of nitrogens with one attached hydrogen (secondary N) is 1. The average molecular weight is 363 g/mol. The lowest BCUT2D eigenvalue weighted by Crippen LogP contribution is -2.44. The number of pyridine rings is 1. The summed E-state index contributed by atoms with van der Waals surface area (Å²) in [7, 11) is 0. The number of nitrogens with zero attached hydrogens (tertiary/aromatic N) is 4. The SMILES string of the molecule is O=C(NC[C@H](c1ccccn1)N1CCOCC1)c1cccc2nccnc12. The van der Waals surface area contributed by atoms with Crippen LogP contribution in [0.15, 0.2) is 55.0 Å². The number of ether oxygens (including phenoxy) is 1. The topological polar surface area (TPSA) is 80.2 Å². The van der Waals surface area contributed by atoms with E-state index in [1.807, 2.05) is 30.3 Å². The highest BCUT2D eigenvalue weighted by atomic mass is 16.5. The lowest BCUT2D eigenvalue weighted by Gasteiger charge is -2.34. The molecule has 3 aromatic rings. The molecule has 7 heteroatoms. The van der Waals surface area contributed by atoms with Crippen LogP contribution in [-0.4, -0.2) is 58.6 Å². The standard InChI is InChI=1S/C20H21N5O2/c26-20(15-4-3-6-17-19(15)23-9-8-22-17)24-14-18(16-5-1-2-7-21-16)25-10-12-27-13-11-25/h1-9,18H,10-14H2,(H,24,26)/t18-/m1/s1. The first kappa shape index (κ1) is 17.5. The van der Waals surface area contributed by atoms with Crippen molar-refractivity contribution in [2.45, 2.75) is 6.04 Å². The maximum atomic E-state index is 12.8. The summed E-state index contributed by atoms with van der Waals surface area (Å²) in [6.45, 7) is 3.48. The van der Waals surface area contributed by atoms with Crippen molar-refractivity contribution in [2.24, 2.45) is 0 Å². The minimum Gasteiger partial charge on any atom is -0.379 e. The maximum absolute atomic E-state index is 12.8. The fourth-order valence-electron chi connectivity index (χ4n) is 3.34. The first-order chi connectivity index (χ1) is 13.3. The van der Waals surface area contributed by atoms with E-state index in [0.717, 1.165) is 18.8 Å². The minimum atomic E-state index is -0.157. The van der Waals surface area contributed by atoms with E-state index in [-0.39, 0.29) is 11.9 Å². The Balaban J connectivity index is 1.54. The Kier molecular flexibility index (Phi) is 5.32. The van der Waals surface area contributed by atoms with Gasteiger partial charge in [0.05, 0.1) is 36.0 Å². The van der Waals surface area contributed by atoms with Gasteiger partial charge in [0.2, 0.25) is 0 Å². The van der Waals surface area contributed by atoms with Crippen LogP contribution < -0.4 is 5.32 Å². The third-order valence-corrected chi connectivity index (χ3v) is 4.71. The number of rotatable bonds is 5. The minimum absolute atomic E-state index is 0.000102. The zero-order valence-corrected chi connectivity index (χ0v) is 14.9. The van der Waals surface area contributed by atoms with Crippen LogP contribution in [0, 0.1) is 0 Å². The Morgan fingerprint density at radius 3 is 2.70 bits per heavy atom. The third-order valence-electron chi connectivity index (χ3n) is 4.71. The van der Waals surface area contributed by atoms with E-state index in [1.165, 1.54) is 0 Å². The molecule has 1 aromatic carbocycles. The second-order valence-corrected chi connectivity index (χ2v) is 6.36. The number of aromatic nitrogens is 3. The molecule has 2 aromatic heterocycles. The summed E-state index contributed by atoms with van der Waals surface area (Å²) in [6, 6.07) is 11.3. The first-order valence-electron chi connectivity index (χ1n) is 9.03. The summed E-state index contributed by atoms with van der Waals surface area (Å²) in [5.41, 5.74) is 2.79. The molecular formula is C20H21N5O2. The second-order valence-electron chi connectivity index (χ2n) is 6.36. The van der Waals surface area contributed by atoms with Gasteiger partial charge < -0.3 is 10.1 Å². The van der Waals surface area contributed by atoms with Crippen LogP contribution in [-0.2, 0) is 4.74 Å². The highest BCUT2D eigenvalue weighted by Gasteiger charge is 2.24. The zero-order chi connectivity index (χ0) is 18.5. The molecule has 27 heavy (non-hydrogen) atoms. The molecule has 1 N–H and O–H groups in total. The summed E-state index contributed by atoms with van der Waals surface area (Å²) >= 11 is 0. The zero-order valence-electron chi connectivity index (χ0n) is 14.9. The second kappa shape index (κ2) is 8.20. The fourth-order valence-corrected chi connectivity index (χ4v) is 3.34. The Labute approximate surface area is 157 Å². The molecule has 3 heterocycles. The number of para-hydroxylation sites is 1. The molecule has 138 valence electrons. The van der Waals surface area contributed by atoms with Crippen LogP contribution in [0.2, 0.25) is 0 Å². The summed E-state index contributed by atoms with van der Waals surface area (Å²) in [5, 5.41) is 3.06. The van der Waals surface area contributed by atoms with Crippen molar-refractivity contribution in [3.05, 3.63) is 66.2 Å². The summed E-state index contributed by atoms with van der Waals surface area (Å²) in [4.78, 5) is 28.2. The van der Waals surface area contributed by atoms with Crippen LogP contribution in [0.4, 0.5) is 0 Å². The average Bonchev–Trinajstić information content (AvgIpc) is 2.75. The van der Waals surface area contributed by atoms with Crippen molar-refractivity contribution in [3.63, 3.8) is 0 Å². The van der Waals surface area contributed by atoms with E-state index in [9.17, 15) is 4.79 Å². The molecule has 0 spiro atoms. The van der Waals surface area contributed by atoms with Gasteiger partial charge in [0.1, 0.15) is 5.52 Å². The van der Waals surface area contributed by atoms with Crippen LogP contribution in [0.25, 0.3) is 11.0 Å². The van der Waals surface area contributed by atoms with Gasteiger partial charge in [-0.15, -0.1) is 0 Å². The molecule has 0 bridgehead atoms. The summed E-state index contributed by atoms with van der Waals surface area (Å²) in [6.07, 6.45) is 5.01. The van der Waals surface area contributed by atoms with Crippen LogP contribution >= 0.6 is 0 Å². The van der Waals surface area contributed by atoms with Crippen LogP contribution in [0.1, 0.15) is 22.1 Å². The van der Waals surface area contributed by atoms with Gasteiger partial charge in [-0.1, -0.05) is 12.1 Å². The molecule has 0 radical (unpaired) electrons. The number of carbonyl (C=O) groups excluding carboxylic acids is 1. The van der Waals surface area contributed by atoms with Crippen LogP contribution in [0.5, 0.6) is 0 Å². The van der Waals surface area contributed by atoms with Crippen molar-refractivity contribution < 1.29 is 9.53 Å². The molecule has 1 fully saturated rings. The summed E-state index contributed by atoms with van der Waals surface area (Å²) in [5.74, 6) is -0.157. The van der Waals surface area contributed by atoms with E-state index < -0.39 is 0 Å². The number of morpholine rings is 1. The van der Waals surface area contributed by atoms with Crippen molar-refractivity contribution >= 4 is 16.9 Å². The number of hydrogen-bond donors (Lipinski definition) is 1. The summed E-state index contributed by atoms with van der Waals surface area (Å²) < 4.78 is 5.46. The van der Waals surface area contributed by atoms with E-state index in [0.29, 0.717) is 36.4 Å². The Morgan fingerprint density at radius 1 is 1.04 bits per heavy atom. The monoisotopic (exact) mass is 363 g/mol. The van der Waals surface area contributed by atoms with Crippen molar-refractivity contribution in [1.29, 1.82) is 0 Å². The van der Waals surface area contributed by atoms with Crippen molar-refractivity contribution in [3.8, 4) is 0 Å². The Bertz CT molecular complexity index is 907.